The fraction of sp³-hybridized carbons (Fsp3) is 0.364. The monoisotopic (exact) mass is 477 g/mol. The fourth-order valence-electron chi connectivity index (χ4n) is 4.15. The summed E-state index contributed by atoms with van der Waals surface area (Å²) < 4.78 is 90.7. The molecule has 0 saturated heterocycles. The minimum Gasteiger partial charge on any atom is -0.481 e. The van der Waals surface area contributed by atoms with E-state index in [-0.39, 0.29) is 12.5 Å². The number of carbonyl (C=O) groups excluding carboxylic acids is 1. The number of nitrogens with one attached hydrogen (secondary N) is 1. The summed E-state index contributed by atoms with van der Waals surface area (Å²) in [5.41, 5.74) is -2.37. The maximum atomic E-state index is 14.1. The van der Waals surface area contributed by atoms with E-state index in [0.29, 0.717) is 24.5 Å². The van der Waals surface area contributed by atoms with Crippen molar-refractivity contribution in [1.82, 2.24) is 0 Å². The van der Waals surface area contributed by atoms with Crippen LogP contribution in [0.4, 0.5) is 36.4 Å². The molecule has 2 N–H and O–H groups in total. The third-order valence-electron chi connectivity index (χ3n) is 5.74. The van der Waals surface area contributed by atoms with Gasteiger partial charge in [0.25, 0.3) is 0 Å². The van der Waals surface area contributed by atoms with E-state index in [1.165, 1.54) is 12.1 Å². The molecule has 1 aliphatic rings. The van der Waals surface area contributed by atoms with Crippen LogP contribution in [0.25, 0.3) is 0 Å². The molecule has 2 aromatic carbocycles. The molecule has 4 nitrogen and oxygen atoms in total. The van der Waals surface area contributed by atoms with Crippen molar-refractivity contribution in [3.63, 3.8) is 0 Å². The topological polar surface area (TPSA) is 66.4 Å². The summed E-state index contributed by atoms with van der Waals surface area (Å²) in [4.78, 5) is 24.8. The molecule has 0 spiro atoms. The summed E-state index contributed by atoms with van der Waals surface area (Å²) in [6.07, 6.45) is -8.55. The van der Waals surface area contributed by atoms with Crippen molar-refractivity contribution >= 4 is 17.6 Å². The second-order valence-corrected chi connectivity index (χ2v) is 7.81. The molecular formula is C22H18F7NO3. The minimum atomic E-state index is -4.78. The number of benzene rings is 2. The van der Waals surface area contributed by atoms with Crippen LogP contribution in [0.2, 0.25) is 0 Å². The van der Waals surface area contributed by atoms with E-state index in [1.54, 1.807) is 0 Å². The smallest absolute Gasteiger partial charge is 0.416 e. The van der Waals surface area contributed by atoms with Crippen LogP contribution in [-0.2, 0) is 21.9 Å². The SMILES string of the molecule is O=C(Nc1ccc(C(F)(F)F)cc1F)C1CCC[C@H](c2ccc(C(F)(F)F)cc2)C1C(=O)O. The molecule has 3 rings (SSSR count). The predicted molar refractivity (Wildman–Crippen MR) is 103 cm³/mol. The summed E-state index contributed by atoms with van der Waals surface area (Å²) in [5.74, 6) is -6.82. The second kappa shape index (κ2) is 9.03. The number of halogens is 7. The molecule has 1 fully saturated rings. The van der Waals surface area contributed by atoms with Crippen LogP contribution in [0.5, 0.6) is 0 Å². The lowest BCUT2D eigenvalue weighted by atomic mass is 9.69. The first kappa shape index (κ1) is 24.5. The largest absolute Gasteiger partial charge is 0.481 e. The molecule has 0 bridgehead atoms. The Kier molecular flexibility index (Phi) is 6.71. The van der Waals surface area contributed by atoms with Gasteiger partial charge in [-0.1, -0.05) is 18.6 Å². The van der Waals surface area contributed by atoms with E-state index in [4.69, 9.17) is 0 Å². The highest BCUT2D eigenvalue weighted by molar-refractivity contribution is 5.95. The molecule has 1 amide bonds. The molecule has 1 aliphatic carbocycles. The van der Waals surface area contributed by atoms with Crippen LogP contribution in [0.3, 0.4) is 0 Å². The molecule has 1 saturated carbocycles. The first-order valence-corrected chi connectivity index (χ1v) is 9.86. The minimum absolute atomic E-state index is 0.113. The van der Waals surface area contributed by atoms with Crippen molar-refractivity contribution in [2.45, 2.75) is 37.5 Å². The van der Waals surface area contributed by atoms with Gasteiger partial charge in [0, 0.05) is 0 Å². The molecular weight excluding hydrogens is 459 g/mol. The van der Waals surface area contributed by atoms with E-state index >= 15 is 0 Å². The third-order valence-corrected chi connectivity index (χ3v) is 5.74. The van der Waals surface area contributed by atoms with Crippen LogP contribution in [0, 0.1) is 17.7 Å². The van der Waals surface area contributed by atoms with Gasteiger partial charge in [-0.05, 0) is 54.7 Å². The van der Waals surface area contributed by atoms with Gasteiger partial charge in [0.05, 0.1) is 28.7 Å². The normalized spacial score (nSPS) is 21.5. The van der Waals surface area contributed by atoms with E-state index in [0.717, 1.165) is 18.2 Å². The Morgan fingerprint density at radius 2 is 1.45 bits per heavy atom. The Labute approximate surface area is 183 Å². The first-order chi connectivity index (χ1) is 15.3. The average Bonchev–Trinajstić information content (AvgIpc) is 2.73. The molecule has 0 aromatic heterocycles. The number of alkyl halides is 6. The summed E-state index contributed by atoms with van der Waals surface area (Å²) in [5, 5.41) is 11.9. The molecule has 2 unspecified atom stereocenters. The number of carboxylic acids is 1. The third kappa shape index (κ3) is 5.45. The number of anilines is 1. The van der Waals surface area contributed by atoms with Gasteiger partial charge in [-0.2, -0.15) is 26.3 Å². The number of rotatable bonds is 4. The Morgan fingerprint density at radius 1 is 0.879 bits per heavy atom. The Bertz CT molecular complexity index is 1030. The summed E-state index contributed by atoms with van der Waals surface area (Å²) in [6.45, 7) is 0. The lowest BCUT2D eigenvalue weighted by Gasteiger charge is -2.35. The van der Waals surface area contributed by atoms with E-state index < -0.39 is 64.6 Å². The lowest BCUT2D eigenvalue weighted by molar-refractivity contribution is -0.149. The highest BCUT2D eigenvalue weighted by Crippen LogP contribution is 2.43. The van der Waals surface area contributed by atoms with E-state index in [1.807, 2.05) is 0 Å². The predicted octanol–water partition coefficient (Wildman–Crippen LogP) is 6.09. The van der Waals surface area contributed by atoms with Crippen molar-refractivity contribution in [1.29, 1.82) is 0 Å². The van der Waals surface area contributed by atoms with E-state index in [2.05, 4.69) is 5.32 Å². The van der Waals surface area contributed by atoms with Gasteiger partial charge in [0.15, 0.2) is 0 Å². The Morgan fingerprint density at radius 3 is 1.97 bits per heavy atom. The summed E-state index contributed by atoms with van der Waals surface area (Å²) >= 11 is 0. The number of aliphatic carboxylic acids is 1. The molecule has 2 aromatic rings. The maximum absolute atomic E-state index is 14.1. The van der Waals surface area contributed by atoms with Crippen LogP contribution in [0.15, 0.2) is 42.5 Å². The van der Waals surface area contributed by atoms with Gasteiger partial charge in [0.2, 0.25) is 5.91 Å². The van der Waals surface area contributed by atoms with Crippen molar-refractivity contribution in [3.8, 4) is 0 Å². The molecule has 0 aliphatic heterocycles. The number of hydrogen-bond donors (Lipinski definition) is 2. The highest BCUT2D eigenvalue weighted by atomic mass is 19.4. The molecule has 11 heteroatoms. The quantitative estimate of drug-likeness (QED) is 0.524. The van der Waals surface area contributed by atoms with Crippen LogP contribution in [0.1, 0.15) is 41.9 Å². The molecule has 0 radical (unpaired) electrons. The first-order valence-electron chi connectivity index (χ1n) is 9.86. The van der Waals surface area contributed by atoms with Gasteiger partial charge in [-0.25, -0.2) is 4.39 Å². The highest BCUT2D eigenvalue weighted by Gasteiger charge is 2.43. The average molecular weight is 477 g/mol. The van der Waals surface area contributed by atoms with Crippen LogP contribution >= 0.6 is 0 Å². The van der Waals surface area contributed by atoms with Crippen molar-refractivity contribution in [3.05, 3.63) is 65.0 Å². The Hall–Kier alpha value is -3.11. The summed E-state index contributed by atoms with van der Waals surface area (Å²) in [6, 6.07) is 5.53. The van der Waals surface area contributed by atoms with Gasteiger partial charge < -0.3 is 10.4 Å². The van der Waals surface area contributed by atoms with Crippen molar-refractivity contribution in [2.75, 3.05) is 5.32 Å². The van der Waals surface area contributed by atoms with Gasteiger partial charge in [0.1, 0.15) is 5.82 Å². The number of carbonyl (C=O) groups is 2. The number of hydrogen-bond acceptors (Lipinski definition) is 2. The molecule has 0 heterocycles. The lowest BCUT2D eigenvalue weighted by Crippen LogP contribution is -2.40. The number of carboxylic acid groups (broad SMARTS) is 1. The van der Waals surface area contributed by atoms with Crippen molar-refractivity contribution < 1.29 is 45.4 Å². The van der Waals surface area contributed by atoms with Gasteiger partial charge in [-0.15, -0.1) is 0 Å². The van der Waals surface area contributed by atoms with Crippen LogP contribution in [-0.4, -0.2) is 17.0 Å². The van der Waals surface area contributed by atoms with Crippen LogP contribution < -0.4 is 5.32 Å². The molecule has 178 valence electrons. The zero-order valence-electron chi connectivity index (χ0n) is 16.8. The standard InChI is InChI=1S/C22H18F7NO3/c23-16-10-13(22(27,28)29)8-9-17(16)30-19(31)15-3-1-2-14(18(15)20(32)33)11-4-6-12(7-5-11)21(24,25)26/h4-10,14-15,18H,1-3H2,(H,30,31)(H,32,33)/t14-,15?,18?/m1/s1. The van der Waals surface area contributed by atoms with E-state index in [9.17, 15) is 45.4 Å². The Balaban J connectivity index is 1.84. The summed E-state index contributed by atoms with van der Waals surface area (Å²) in [7, 11) is 0. The zero-order valence-corrected chi connectivity index (χ0v) is 16.8. The van der Waals surface area contributed by atoms with Gasteiger partial charge in [-0.3, -0.25) is 9.59 Å². The van der Waals surface area contributed by atoms with Gasteiger partial charge >= 0.3 is 18.3 Å². The maximum Gasteiger partial charge on any atom is 0.416 e. The fourth-order valence-corrected chi connectivity index (χ4v) is 4.15. The van der Waals surface area contributed by atoms with Crippen molar-refractivity contribution in [2.24, 2.45) is 11.8 Å². The second-order valence-electron chi connectivity index (χ2n) is 7.81. The number of amides is 1. The zero-order chi connectivity index (χ0) is 24.6. The molecule has 33 heavy (non-hydrogen) atoms. The molecule has 3 atom stereocenters.